The van der Waals surface area contributed by atoms with Crippen molar-refractivity contribution in [3.8, 4) is 0 Å². The van der Waals surface area contributed by atoms with Gasteiger partial charge in [0.15, 0.2) is 10.8 Å². The summed E-state index contributed by atoms with van der Waals surface area (Å²) in [4.78, 5) is 12.4. The van der Waals surface area contributed by atoms with Gasteiger partial charge in [-0.1, -0.05) is 93.0 Å². The molecule has 2 aromatic carbocycles. The molecule has 14 heteroatoms. The molecular formula is C26H30ClN5O6SSi. The second kappa shape index (κ2) is 10.8. The van der Waals surface area contributed by atoms with Crippen molar-refractivity contribution in [2.45, 2.75) is 44.1 Å². The SMILES string of the molecule is CC(C)(C)[Si](OC[C@H]1OC[C@@H](n2cnc3c(Cl)nc(N)nc32)[C@@H]1OS(=O)(=O)O)(c1ccccc1)c1ccccc1. The number of nitrogen functional groups attached to an aromatic ring is 1. The summed E-state index contributed by atoms with van der Waals surface area (Å²) in [5.74, 6) is -0.0722. The first-order valence-electron chi connectivity index (χ1n) is 12.6. The summed E-state index contributed by atoms with van der Waals surface area (Å²) in [6.45, 7) is 6.43. The van der Waals surface area contributed by atoms with Crippen molar-refractivity contribution < 1.29 is 26.3 Å². The Kier molecular flexibility index (Phi) is 7.74. The minimum atomic E-state index is -4.86. The van der Waals surface area contributed by atoms with Gasteiger partial charge in [-0.3, -0.25) is 4.55 Å². The first-order valence-corrected chi connectivity index (χ1v) is 16.2. The second-order valence-corrected chi connectivity index (χ2v) is 16.3. The summed E-state index contributed by atoms with van der Waals surface area (Å²) < 4.78 is 53.4. The Morgan fingerprint density at radius 3 is 2.25 bits per heavy atom. The third kappa shape index (κ3) is 5.38. The van der Waals surface area contributed by atoms with E-state index in [1.54, 1.807) is 4.57 Å². The molecule has 0 amide bonds. The van der Waals surface area contributed by atoms with Gasteiger partial charge in [-0.2, -0.15) is 18.4 Å². The van der Waals surface area contributed by atoms with Gasteiger partial charge in [-0.05, 0) is 15.4 Å². The number of imidazole rings is 1. The molecule has 1 fully saturated rings. The lowest BCUT2D eigenvalue weighted by molar-refractivity contribution is 0.0147. The van der Waals surface area contributed by atoms with E-state index < -0.39 is 37.0 Å². The van der Waals surface area contributed by atoms with Crippen molar-refractivity contribution in [1.82, 2.24) is 19.5 Å². The zero-order chi connectivity index (χ0) is 28.7. The molecule has 0 radical (unpaired) electrons. The summed E-state index contributed by atoms with van der Waals surface area (Å²) in [7, 11) is -7.84. The Morgan fingerprint density at radius 2 is 1.70 bits per heavy atom. The number of anilines is 1. The van der Waals surface area contributed by atoms with Crippen LogP contribution in [0, 0.1) is 0 Å². The Balaban J connectivity index is 1.54. The molecule has 4 aromatic rings. The lowest BCUT2D eigenvalue weighted by Gasteiger charge is -2.43. The lowest BCUT2D eigenvalue weighted by atomic mass is 10.1. The van der Waals surface area contributed by atoms with Crippen LogP contribution in [0.5, 0.6) is 0 Å². The number of benzene rings is 2. The fourth-order valence-electron chi connectivity index (χ4n) is 5.42. The number of fused-ring (bicyclic) bond motifs is 1. The summed E-state index contributed by atoms with van der Waals surface area (Å²) >= 11 is 6.19. The lowest BCUT2D eigenvalue weighted by Crippen LogP contribution is -2.67. The summed E-state index contributed by atoms with van der Waals surface area (Å²) in [6.07, 6.45) is -0.592. The maximum absolute atomic E-state index is 12.0. The van der Waals surface area contributed by atoms with E-state index in [0.717, 1.165) is 10.4 Å². The maximum Gasteiger partial charge on any atom is 0.397 e. The van der Waals surface area contributed by atoms with Crippen LogP contribution in [-0.2, 0) is 23.7 Å². The maximum atomic E-state index is 12.0. The van der Waals surface area contributed by atoms with Crippen LogP contribution >= 0.6 is 11.6 Å². The highest BCUT2D eigenvalue weighted by atomic mass is 35.5. The molecule has 11 nitrogen and oxygen atoms in total. The predicted octanol–water partition coefficient (Wildman–Crippen LogP) is 2.77. The van der Waals surface area contributed by atoms with Crippen molar-refractivity contribution in [3.05, 3.63) is 72.1 Å². The van der Waals surface area contributed by atoms with E-state index in [-0.39, 0.29) is 40.5 Å². The monoisotopic (exact) mass is 603 g/mol. The number of nitrogens with zero attached hydrogens (tertiary/aromatic N) is 4. The van der Waals surface area contributed by atoms with Gasteiger partial charge in [0.05, 0.1) is 25.6 Å². The zero-order valence-corrected chi connectivity index (χ0v) is 24.7. The molecule has 0 bridgehead atoms. The van der Waals surface area contributed by atoms with Gasteiger partial charge in [0.25, 0.3) is 8.32 Å². The fourth-order valence-corrected chi connectivity index (χ4v) is 10.7. The fraction of sp³-hybridized carbons (Fsp3) is 0.346. The third-order valence-corrected chi connectivity index (χ3v) is 12.8. The van der Waals surface area contributed by atoms with Gasteiger partial charge in [0, 0.05) is 0 Å². The number of halogens is 1. The van der Waals surface area contributed by atoms with Crippen LogP contribution in [-0.4, -0.2) is 66.2 Å². The molecule has 0 spiro atoms. The van der Waals surface area contributed by atoms with E-state index in [1.165, 1.54) is 6.33 Å². The van der Waals surface area contributed by atoms with E-state index >= 15 is 0 Å². The van der Waals surface area contributed by atoms with Crippen molar-refractivity contribution in [1.29, 1.82) is 0 Å². The molecule has 0 unspecified atom stereocenters. The molecule has 1 aliphatic heterocycles. The van der Waals surface area contributed by atoms with E-state index in [2.05, 4.69) is 60.0 Å². The van der Waals surface area contributed by atoms with Crippen LogP contribution < -0.4 is 16.1 Å². The number of nitrogens with two attached hydrogens (primary N) is 1. The Bertz CT molecular complexity index is 1560. The van der Waals surface area contributed by atoms with Crippen molar-refractivity contribution in [2.75, 3.05) is 18.9 Å². The average molecular weight is 604 g/mol. The van der Waals surface area contributed by atoms with E-state index in [4.69, 9.17) is 30.7 Å². The molecule has 0 aliphatic carbocycles. The van der Waals surface area contributed by atoms with E-state index in [1.807, 2.05) is 36.4 Å². The van der Waals surface area contributed by atoms with E-state index in [0.29, 0.717) is 0 Å². The molecule has 3 heterocycles. The normalized spacial score (nSPS) is 20.3. The standard InChI is InChI=1S/C26H30ClN5O6SSi/c1-26(2,3)40(17-10-6-4-7-11-17,18-12-8-5-9-13-18)37-15-20-22(38-39(33,34)35)19(14-36-20)32-16-29-21-23(27)30-25(28)31-24(21)32/h4-13,16,19-20,22H,14-15H2,1-3H3,(H2,28,30,31)(H,33,34,35)/t19-,20-,22+/m1/s1. The first kappa shape index (κ1) is 28.6. The van der Waals surface area contributed by atoms with Crippen LogP contribution in [0.25, 0.3) is 11.2 Å². The first-order chi connectivity index (χ1) is 18.9. The molecule has 3 atom stereocenters. The topological polar surface area (TPSA) is 152 Å². The predicted molar refractivity (Wildman–Crippen MR) is 154 cm³/mol. The van der Waals surface area contributed by atoms with Crippen molar-refractivity contribution in [2.24, 2.45) is 0 Å². The highest BCUT2D eigenvalue weighted by Crippen LogP contribution is 2.38. The Hall–Kier alpha value is -2.91. The molecule has 1 aliphatic rings. The van der Waals surface area contributed by atoms with Crippen LogP contribution in [0.4, 0.5) is 5.95 Å². The molecule has 40 heavy (non-hydrogen) atoms. The van der Waals surface area contributed by atoms with Crippen LogP contribution in [0.2, 0.25) is 10.2 Å². The van der Waals surface area contributed by atoms with E-state index in [9.17, 15) is 13.0 Å². The Morgan fingerprint density at radius 1 is 1.10 bits per heavy atom. The number of rotatable bonds is 8. The molecule has 3 N–H and O–H groups in total. The number of hydrogen-bond donors (Lipinski definition) is 2. The van der Waals surface area contributed by atoms with Gasteiger partial charge in [-0.25, -0.2) is 9.17 Å². The van der Waals surface area contributed by atoms with Crippen molar-refractivity contribution in [3.63, 3.8) is 0 Å². The largest absolute Gasteiger partial charge is 0.405 e. The number of ether oxygens (including phenoxy) is 1. The highest BCUT2D eigenvalue weighted by Gasteiger charge is 2.52. The van der Waals surface area contributed by atoms with Gasteiger partial charge in [0.1, 0.15) is 17.7 Å². The minimum Gasteiger partial charge on any atom is -0.405 e. The van der Waals surface area contributed by atoms with Gasteiger partial charge in [0.2, 0.25) is 5.95 Å². The number of aromatic nitrogens is 4. The quantitative estimate of drug-likeness (QED) is 0.175. The third-order valence-electron chi connectivity index (χ3n) is 7.09. The average Bonchev–Trinajstić information content (AvgIpc) is 3.48. The highest BCUT2D eigenvalue weighted by molar-refractivity contribution is 7.80. The van der Waals surface area contributed by atoms with Crippen molar-refractivity contribution >= 4 is 57.8 Å². The molecule has 5 rings (SSSR count). The smallest absolute Gasteiger partial charge is 0.397 e. The molecule has 212 valence electrons. The summed E-state index contributed by atoms with van der Waals surface area (Å²) in [5.41, 5.74) is 6.37. The van der Waals surface area contributed by atoms with Crippen LogP contribution in [0.15, 0.2) is 67.0 Å². The molecule has 2 aromatic heterocycles. The summed E-state index contributed by atoms with van der Waals surface area (Å²) in [5, 5.41) is 1.84. The molecule has 0 saturated carbocycles. The molecular weight excluding hydrogens is 574 g/mol. The van der Waals surface area contributed by atoms with Gasteiger partial charge >= 0.3 is 10.4 Å². The molecule has 1 saturated heterocycles. The van der Waals surface area contributed by atoms with Crippen LogP contribution in [0.1, 0.15) is 26.8 Å². The van der Waals surface area contributed by atoms with Gasteiger partial charge in [-0.15, -0.1) is 0 Å². The number of hydrogen-bond acceptors (Lipinski definition) is 9. The zero-order valence-electron chi connectivity index (χ0n) is 22.1. The minimum absolute atomic E-state index is 0.00548. The summed E-state index contributed by atoms with van der Waals surface area (Å²) in [6, 6.07) is 19.3. The second-order valence-electron chi connectivity index (χ2n) is 10.6. The van der Waals surface area contributed by atoms with Crippen LogP contribution in [0.3, 0.4) is 0 Å². The Labute approximate surface area is 238 Å². The van der Waals surface area contributed by atoms with Gasteiger partial charge < -0.3 is 19.5 Å².